The number of nitrogens with zero attached hydrogens (tertiary/aromatic N) is 1. The predicted molar refractivity (Wildman–Crippen MR) is 64.6 cm³/mol. The molecule has 0 saturated carbocycles. The second-order valence-electron chi connectivity index (χ2n) is 2.84. The van der Waals surface area contributed by atoms with Gasteiger partial charge in [-0.2, -0.15) is 0 Å². The number of nitrogens with one attached hydrogen (secondary N) is 1. The molecule has 1 amide bonds. The number of aliphatic carboxylic acids is 1. The first-order valence-corrected chi connectivity index (χ1v) is 4.83. The SMILES string of the molecule is C=CC(=O)OC#N.O=C(O)C(=O)Nc1ccccc1. The van der Waals surface area contributed by atoms with Crippen LogP contribution in [0.2, 0.25) is 0 Å². The standard InChI is InChI=1S/C8H7NO3.C4H3NO2/c10-7(8(11)12)9-6-4-2-1-3-5-6;1-2-4(6)7-3-5/h1-5H,(H,9,10)(H,11,12);2H,1H2. The highest BCUT2D eigenvalue weighted by atomic mass is 16.5. The molecule has 0 unspecified atom stereocenters. The van der Waals surface area contributed by atoms with Crippen LogP contribution in [0.25, 0.3) is 0 Å². The number of hydrogen-bond acceptors (Lipinski definition) is 5. The Morgan fingerprint density at radius 3 is 2.26 bits per heavy atom. The number of nitriles is 1. The number of para-hydroxylation sites is 1. The van der Waals surface area contributed by atoms with E-state index in [0.29, 0.717) is 5.69 Å². The van der Waals surface area contributed by atoms with Gasteiger partial charge in [-0.05, 0) is 12.1 Å². The van der Waals surface area contributed by atoms with Crippen molar-refractivity contribution >= 4 is 23.5 Å². The van der Waals surface area contributed by atoms with Crippen molar-refractivity contribution in [3.05, 3.63) is 43.0 Å². The van der Waals surface area contributed by atoms with Gasteiger partial charge in [0, 0.05) is 11.8 Å². The lowest BCUT2D eigenvalue weighted by atomic mass is 10.3. The Hall–Kier alpha value is -3.14. The Kier molecular flexibility index (Phi) is 7.47. The molecule has 0 fully saturated rings. The molecule has 2 N–H and O–H groups in total. The second kappa shape index (κ2) is 8.95. The van der Waals surface area contributed by atoms with Gasteiger partial charge in [-0.25, -0.2) is 9.59 Å². The summed E-state index contributed by atoms with van der Waals surface area (Å²) in [5.41, 5.74) is 0.477. The molecule has 1 aromatic carbocycles. The van der Waals surface area contributed by atoms with Crippen LogP contribution in [0, 0.1) is 11.5 Å². The summed E-state index contributed by atoms with van der Waals surface area (Å²) in [4.78, 5) is 30.5. The van der Waals surface area contributed by atoms with Crippen molar-refractivity contribution in [3.63, 3.8) is 0 Å². The maximum Gasteiger partial charge on any atom is 0.394 e. The lowest BCUT2D eigenvalue weighted by molar-refractivity contribution is -0.147. The summed E-state index contributed by atoms with van der Waals surface area (Å²) in [7, 11) is 0. The molecule has 0 saturated heterocycles. The van der Waals surface area contributed by atoms with E-state index in [9.17, 15) is 14.4 Å². The largest absolute Gasteiger partial charge is 0.474 e. The Bertz CT molecular complexity index is 505. The molecule has 1 rings (SSSR count). The zero-order valence-electron chi connectivity index (χ0n) is 9.70. The maximum atomic E-state index is 10.6. The molecule has 0 aromatic heterocycles. The van der Waals surface area contributed by atoms with E-state index in [1.165, 1.54) is 6.26 Å². The van der Waals surface area contributed by atoms with Crippen LogP contribution in [0.1, 0.15) is 0 Å². The number of carboxylic acid groups (broad SMARTS) is 1. The summed E-state index contributed by atoms with van der Waals surface area (Å²) >= 11 is 0. The molecule has 0 heterocycles. The zero-order chi connectivity index (χ0) is 14.7. The van der Waals surface area contributed by atoms with Gasteiger partial charge in [0.15, 0.2) is 0 Å². The smallest absolute Gasteiger partial charge is 0.394 e. The maximum absolute atomic E-state index is 10.6. The molecule has 0 aliphatic heterocycles. The minimum Gasteiger partial charge on any atom is -0.474 e. The van der Waals surface area contributed by atoms with E-state index in [1.54, 1.807) is 30.3 Å². The molecule has 0 bridgehead atoms. The molecule has 19 heavy (non-hydrogen) atoms. The van der Waals surface area contributed by atoms with Crippen molar-refractivity contribution in [2.75, 3.05) is 5.32 Å². The van der Waals surface area contributed by atoms with Crippen molar-refractivity contribution < 1.29 is 24.2 Å². The number of anilines is 1. The topological polar surface area (TPSA) is 116 Å². The summed E-state index contributed by atoms with van der Waals surface area (Å²) < 4.78 is 3.74. The van der Waals surface area contributed by atoms with E-state index in [4.69, 9.17) is 10.4 Å². The van der Waals surface area contributed by atoms with Crippen molar-refractivity contribution in [2.45, 2.75) is 0 Å². The molecule has 0 aliphatic rings. The third kappa shape index (κ3) is 7.70. The van der Waals surface area contributed by atoms with Crippen molar-refractivity contribution in [1.29, 1.82) is 5.26 Å². The molecule has 0 radical (unpaired) electrons. The highest BCUT2D eigenvalue weighted by molar-refractivity contribution is 6.36. The van der Waals surface area contributed by atoms with Gasteiger partial charge in [0.05, 0.1) is 0 Å². The molecular formula is C12H10N2O5. The fraction of sp³-hybridized carbons (Fsp3) is 0. The van der Waals surface area contributed by atoms with Crippen molar-refractivity contribution in [3.8, 4) is 6.26 Å². The van der Waals surface area contributed by atoms with E-state index >= 15 is 0 Å². The Morgan fingerprint density at radius 2 is 1.89 bits per heavy atom. The first-order valence-electron chi connectivity index (χ1n) is 4.83. The number of carboxylic acids is 1. The van der Waals surface area contributed by atoms with Crippen LogP contribution in [0.4, 0.5) is 5.69 Å². The van der Waals surface area contributed by atoms with E-state index in [-0.39, 0.29) is 0 Å². The van der Waals surface area contributed by atoms with Gasteiger partial charge in [0.2, 0.25) is 0 Å². The zero-order valence-corrected chi connectivity index (χ0v) is 9.70. The Labute approximate surface area is 108 Å². The lowest BCUT2D eigenvalue weighted by Crippen LogP contribution is -2.21. The van der Waals surface area contributed by atoms with Crippen molar-refractivity contribution in [2.24, 2.45) is 0 Å². The van der Waals surface area contributed by atoms with Gasteiger partial charge in [0.1, 0.15) is 0 Å². The van der Waals surface area contributed by atoms with Crippen LogP contribution in [0.15, 0.2) is 43.0 Å². The Balaban J connectivity index is 0.000000399. The monoisotopic (exact) mass is 262 g/mol. The highest BCUT2D eigenvalue weighted by Crippen LogP contribution is 2.03. The molecule has 0 aliphatic carbocycles. The summed E-state index contributed by atoms with van der Waals surface area (Å²) in [5, 5.41) is 18.1. The average Bonchev–Trinajstić information content (AvgIpc) is 2.40. The highest BCUT2D eigenvalue weighted by Gasteiger charge is 2.09. The van der Waals surface area contributed by atoms with Gasteiger partial charge in [-0.3, -0.25) is 4.79 Å². The quantitative estimate of drug-likeness (QED) is 0.354. The normalized spacial score (nSPS) is 7.95. The van der Waals surface area contributed by atoms with Gasteiger partial charge in [-0.15, -0.1) is 5.26 Å². The fourth-order valence-electron chi connectivity index (χ4n) is 0.793. The van der Waals surface area contributed by atoms with Crippen LogP contribution in [-0.4, -0.2) is 23.0 Å². The number of carbonyl (C=O) groups is 3. The fourth-order valence-corrected chi connectivity index (χ4v) is 0.793. The number of amides is 1. The van der Waals surface area contributed by atoms with Crippen LogP contribution in [0.3, 0.4) is 0 Å². The van der Waals surface area contributed by atoms with Crippen molar-refractivity contribution in [1.82, 2.24) is 0 Å². The molecule has 7 nitrogen and oxygen atoms in total. The minimum atomic E-state index is -1.49. The predicted octanol–water partition coefficient (Wildman–Crippen LogP) is 0.906. The van der Waals surface area contributed by atoms with Gasteiger partial charge < -0.3 is 15.2 Å². The first-order chi connectivity index (χ1) is 9.01. The average molecular weight is 262 g/mol. The van der Waals surface area contributed by atoms with E-state index in [1.807, 2.05) is 0 Å². The Morgan fingerprint density at radius 1 is 1.32 bits per heavy atom. The van der Waals surface area contributed by atoms with Gasteiger partial charge in [0.25, 0.3) is 6.26 Å². The lowest BCUT2D eigenvalue weighted by Gasteiger charge is -1.99. The van der Waals surface area contributed by atoms with E-state index in [0.717, 1.165) is 6.08 Å². The number of ether oxygens (including phenoxy) is 1. The molecule has 1 aromatic rings. The third-order valence-corrected chi connectivity index (χ3v) is 1.54. The molecule has 0 spiro atoms. The van der Waals surface area contributed by atoms with Crippen LogP contribution >= 0.6 is 0 Å². The van der Waals surface area contributed by atoms with E-state index < -0.39 is 17.8 Å². The van der Waals surface area contributed by atoms with Crippen LogP contribution < -0.4 is 5.32 Å². The summed E-state index contributed by atoms with van der Waals surface area (Å²) in [6.45, 7) is 3.05. The summed E-state index contributed by atoms with van der Waals surface area (Å²) in [6.07, 6.45) is 2.12. The van der Waals surface area contributed by atoms with Crippen LogP contribution in [0.5, 0.6) is 0 Å². The number of carbonyl (C=O) groups excluding carboxylic acids is 2. The number of hydrogen-bond donors (Lipinski definition) is 2. The number of benzene rings is 1. The van der Waals surface area contributed by atoms with Gasteiger partial charge >= 0.3 is 17.8 Å². The summed E-state index contributed by atoms with van der Waals surface area (Å²) in [6, 6.07) is 8.41. The number of rotatable bonds is 2. The second-order valence-corrected chi connectivity index (χ2v) is 2.84. The molecule has 7 heteroatoms. The van der Waals surface area contributed by atoms with E-state index in [2.05, 4.69) is 16.6 Å². The number of esters is 1. The molecule has 98 valence electrons. The molecular weight excluding hydrogens is 252 g/mol. The summed E-state index contributed by atoms with van der Waals surface area (Å²) in [5.74, 6) is -3.23. The molecule has 0 atom stereocenters. The first kappa shape index (κ1) is 15.9. The minimum absolute atomic E-state index is 0.477. The van der Waals surface area contributed by atoms with Gasteiger partial charge in [-0.1, -0.05) is 24.8 Å². The van der Waals surface area contributed by atoms with Crippen LogP contribution in [-0.2, 0) is 19.1 Å². The third-order valence-electron chi connectivity index (χ3n) is 1.54.